The molecule has 1 atom stereocenters. The van der Waals surface area contributed by atoms with Gasteiger partial charge < -0.3 is 9.38 Å². The lowest BCUT2D eigenvalue weighted by atomic mass is 10.0. The van der Waals surface area contributed by atoms with Crippen LogP contribution in [0.1, 0.15) is 122 Å². The molecule has 0 amide bonds. The van der Waals surface area contributed by atoms with Crippen LogP contribution in [0.25, 0.3) is 0 Å². The Hall–Kier alpha value is -0.370. The van der Waals surface area contributed by atoms with Crippen LogP contribution in [0, 0.1) is 12.3 Å². The van der Waals surface area contributed by atoms with Gasteiger partial charge in [-0.05, 0) is 12.3 Å². The minimum atomic E-state index is -3.96. The number of hydrogen-bond acceptors (Lipinski definition) is 3. The Morgan fingerprint density at radius 1 is 0.848 bits per heavy atom. The lowest BCUT2D eigenvalue weighted by Crippen LogP contribution is -2.51. The first-order chi connectivity index (χ1) is 15.9. The van der Waals surface area contributed by atoms with Gasteiger partial charge in [0.25, 0.3) is 0 Å². The third kappa shape index (κ3) is 16.8. The first kappa shape index (κ1) is 30.7. The van der Waals surface area contributed by atoms with Gasteiger partial charge in [0.1, 0.15) is 6.54 Å². The molecule has 1 N–H and O–H groups in total. The number of quaternary nitrogens is 1. The highest BCUT2D eigenvalue weighted by Crippen LogP contribution is 2.46. The zero-order valence-corrected chi connectivity index (χ0v) is 22.7. The van der Waals surface area contributed by atoms with E-state index < -0.39 is 7.82 Å². The van der Waals surface area contributed by atoms with Crippen molar-refractivity contribution in [3.05, 3.63) is 0 Å². The molecule has 1 aliphatic rings. The quantitative estimate of drug-likeness (QED) is 0.0784. The Balaban J connectivity index is 1.88. The number of likely N-dealkylation sites (tertiary alicyclic amines) is 1. The van der Waals surface area contributed by atoms with Crippen molar-refractivity contribution in [2.24, 2.45) is 0 Å². The average molecular weight is 487 g/mol. The molecule has 1 saturated heterocycles. The normalized spacial score (nSPS) is 22.7. The van der Waals surface area contributed by atoms with E-state index in [9.17, 15) is 9.46 Å². The highest BCUT2D eigenvalue weighted by molar-refractivity contribution is 7.47. The number of rotatable bonds is 21. The molecule has 1 rings (SSSR count). The van der Waals surface area contributed by atoms with Crippen molar-refractivity contribution in [1.29, 1.82) is 0 Å². The number of phosphoric acid groups is 1. The Bertz CT molecular complexity index is 555. The Labute approximate surface area is 205 Å². The first-order valence-electron chi connectivity index (χ1n) is 13.8. The Morgan fingerprint density at radius 2 is 1.27 bits per heavy atom. The fourth-order valence-electron chi connectivity index (χ4n) is 4.70. The molecule has 194 valence electrons. The number of terminal acetylenes is 1. The zero-order chi connectivity index (χ0) is 24.3. The molecule has 0 aliphatic carbocycles. The van der Waals surface area contributed by atoms with Crippen molar-refractivity contribution in [3.63, 3.8) is 0 Å². The summed E-state index contributed by atoms with van der Waals surface area (Å²) in [5, 5.41) is 0. The van der Waals surface area contributed by atoms with E-state index in [2.05, 4.69) is 19.9 Å². The van der Waals surface area contributed by atoms with E-state index in [1.165, 1.54) is 89.9 Å². The number of piperidine rings is 1. The molecular weight excluding hydrogens is 433 g/mol. The second kappa shape index (κ2) is 18.9. The molecule has 1 unspecified atom stereocenters. The standard InChI is InChI=1S/C27H52NO4P/c1-4-6-7-8-9-10-11-12-13-14-15-16-17-18-19-20-26-31-33(29,30)32-27-21-24-28(3,23-5-2)25-22-27/h2,27H,4,6-26H2,1,3H3/p+1. The smallest absolute Gasteiger partial charge is 0.316 e. The molecule has 6 heteroatoms. The van der Waals surface area contributed by atoms with Gasteiger partial charge in [0.05, 0.1) is 32.8 Å². The van der Waals surface area contributed by atoms with Crippen molar-refractivity contribution < 1.29 is 23.0 Å². The zero-order valence-electron chi connectivity index (χ0n) is 21.8. The summed E-state index contributed by atoms with van der Waals surface area (Å²) in [4.78, 5) is 10.00. The highest BCUT2D eigenvalue weighted by Gasteiger charge is 2.34. The predicted molar refractivity (Wildman–Crippen MR) is 139 cm³/mol. The maximum absolute atomic E-state index is 12.2. The summed E-state index contributed by atoms with van der Waals surface area (Å²) >= 11 is 0. The Kier molecular flexibility index (Phi) is 17.6. The van der Waals surface area contributed by atoms with Crippen LogP contribution in [0.5, 0.6) is 0 Å². The van der Waals surface area contributed by atoms with E-state index in [1.54, 1.807) is 0 Å². The fraction of sp³-hybridized carbons (Fsp3) is 0.926. The summed E-state index contributed by atoms with van der Waals surface area (Å²) in [6.45, 7) is 5.00. The maximum atomic E-state index is 12.2. The summed E-state index contributed by atoms with van der Waals surface area (Å²) in [6, 6.07) is 0. The monoisotopic (exact) mass is 486 g/mol. The van der Waals surface area contributed by atoms with Gasteiger partial charge in [0.15, 0.2) is 0 Å². The van der Waals surface area contributed by atoms with Gasteiger partial charge in [-0.2, -0.15) is 0 Å². The van der Waals surface area contributed by atoms with Crippen LogP contribution in [0.4, 0.5) is 0 Å². The molecule has 0 bridgehead atoms. The maximum Gasteiger partial charge on any atom is 0.472 e. The SMILES string of the molecule is C#CC[N+]1(C)CCC(OP(=O)(O)OCCCCCCCCCCCCCCCCCC)CC1. The lowest BCUT2D eigenvalue weighted by Gasteiger charge is -2.39. The molecule has 1 aliphatic heterocycles. The van der Waals surface area contributed by atoms with Gasteiger partial charge in [-0.3, -0.25) is 9.05 Å². The second-order valence-electron chi connectivity index (χ2n) is 10.3. The Morgan fingerprint density at radius 3 is 1.70 bits per heavy atom. The van der Waals surface area contributed by atoms with Crippen molar-refractivity contribution in [2.45, 2.75) is 129 Å². The molecule has 0 saturated carbocycles. The summed E-state index contributed by atoms with van der Waals surface area (Å²) < 4.78 is 23.6. The summed E-state index contributed by atoms with van der Waals surface area (Å²) in [7, 11) is -1.83. The molecule has 0 radical (unpaired) electrons. The van der Waals surface area contributed by atoms with Gasteiger partial charge in [-0.1, -0.05) is 103 Å². The van der Waals surface area contributed by atoms with E-state index in [1.807, 2.05) is 0 Å². The number of hydrogen-bond donors (Lipinski definition) is 1. The van der Waals surface area contributed by atoms with Gasteiger partial charge in [0.2, 0.25) is 0 Å². The van der Waals surface area contributed by atoms with Crippen molar-refractivity contribution >= 4 is 7.82 Å². The number of nitrogens with zero attached hydrogens (tertiary/aromatic N) is 1. The van der Waals surface area contributed by atoms with Crippen LogP contribution in [0.15, 0.2) is 0 Å². The molecule has 1 heterocycles. The van der Waals surface area contributed by atoms with Crippen LogP contribution < -0.4 is 0 Å². The number of phosphoric ester groups is 1. The van der Waals surface area contributed by atoms with Gasteiger partial charge in [0, 0.05) is 12.8 Å². The molecule has 0 aromatic heterocycles. The van der Waals surface area contributed by atoms with E-state index in [4.69, 9.17) is 15.5 Å². The lowest BCUT2D eigenvalue weighted by molar-refractivity contribution is -0.908. The van der Waals surface area contributed by atoms with Crippen molar-refractivity contribution in [2.75, 3.05) is 33.3 Å². The molecule has 0 aromatic carbocycles. The van der Waals surface area contributed by atoms with E-state index in [0.717, 1.165) is 43.3 Å². The second-order valence-corrected chi connectivity index (χ2v) is 11.7. The average Bonchev–Trinajstić information content (AvgIpc) is 2.77. The molecule has 0 aromatic rings. The van der Waals surface area contributed by atoms with Crippen molar-refractivity contribution in [1.82, 2.24) is 0 Å². The first-order valence-corrected chi connectivity index (χ1v) is 15.3. The topological polar surface area (TPSA) is 55.8 Å². The van der Waals surface area contributed by atoms with Crippen LogP contribution in [-0.2, 0) is 13.6 Å². The van der Waals surface area contributed by atoms with Crippen molar-refractivity contribution in [3.8, 4) is 12.3 Å². The molecule has 0 spiro atoms. The summed E-state index contributed by atoms with van der Waals surface area (Å²) in [5.41, 5.74) is 0. The third-order valence-electron chi connectivity index (χ3n) is 6.99. The highest BCUT2D eigenvalue weighted by atomic mass is 31.2. The summed E-state index contributed by atoms with van der Waals surface area (Å²) in [6.07, 6.45) is 27.6. The van der Waals surface area contributed by atoms with Crippen LogP contribution in [-0.4, -0.2) is 48.8 Å². The van der Waals surface area contributed by atoms with Crippen LogP contribution >= 0.6 is 7.82 Å². The molecular formula is C27H53NO4P+. The minimum absolute atomic E-state index is 0.212. The van der Waals surface area contributed by atoms with Crippen LogP contribution in [0.2, 0.25) is 0 Å². The molecule has 33 heavy (non-hydrogen) atoms. The van der Waals surface area contributed by atoms with Gasteiger partial charge >= 0.3 is 7.82 Å². The third-order valence-corrected chi connectivity index (χ3v) is 8.06. The molecule has 1 fully saturated rings. The molecule has 5 nitrogen and oxygen atoms in total. The van der Waals surface area contributed by atoms with Gasteiger partial charge in [-0.25, -0.2) is 4.57 Å². The number of unbranched alkanes of at least 4 members (excludes halogenated alkanes) is 15. The van der Waals surface area contributed by atoms with E-state index >= 15 is 0 Å². The van der Waals surface area contributed by atoms with E-state index in [-0.39, 0.29) is 6.10 Å². The van der Waals surface area contributed by atoms with E-state index in [0.29, 0.717) is 13.2 Å². The van der Waals surface area contributed by atoms with Gasteiger partial charge in [-0.15, -0.1) is 6.42 Å². The minimum Gasteiger partial charge on any atom is -0.316 e. The van der Waals surface area contributed by atoms with Crippen LogP contribution in [0.3, 0.4) is 0 Å². The summed E-state index contributed by atoms with van der Waals surface area (Å²) in [5.74, 6) is 2.72. The predicted octanol–water partition coefficient (Wildman–Crippen LogP) is 7.62. The largest absolute Gasteiger partial charge is 0.472 e. The fourth-order valence-corrected chi connectivity index (χ4v) is 5.71.